The maximum Gasteiger partial charge on any atom is 0.208 e. The summed E-state index contributed by atoms with van der Waals surface area (Å²) in [4.78, 5) is 4.85. The van der Waals surface area contributed by atoms with Crippen LogP contribution in [0.15, 0.2) is 0 Å². The minimum absolute atomic E-state index is 0.500. The molecular weight excluding hydrogens is 334 g/mol. The molecule has 0 aliphatic carbocycles. The molecule has 0 bridgehead atoms. The van der Waals surface area contributed by atoms with Crippen molar-refractivity contribution in [2.45, 2.75) is 51.5 Å². The molecule has 0 spiro atoms. The van der Waals surface area contributed by atoms with Gasteiger partial charge < -0.3 is 9.47 Å². The lowest BCUT2D eigenvalue weighted by Crippen LogP contribution is -2.33. The molecule has 0 radical (unpaired) electrons. The van der Waals surface area contributed by atoms with Gasteiger partial charge in [-0.1, -0.05) is 18.3 Å². The van der Waals surface area contributed by atoms with Crippen molar-refractivity contribution in [2.24, 2.45) is 7.05 Å². The zero-order chi connectivity index (χ0) is 17.2. The molecule has 4 heterocycles. The number of aryl methyl sites for hydroxylation is 1. The maximum atomic E-state index is 4.54. The lowest BCUT2D eigenvalue weighted by atomic mass is 9.96. The highest BCUT2D eigenvalue weighted by Gasteiger charge is 2.27. The third-order valence-corrected chi connectivity index (χ3v) is 6.58. The average Bonchev–Trinajstić information content (AvgIpc) is 3.38. The summed E-state index contributed by atoms with van der Waals surface area (Å²) in [5.74, 6) is 2.76. The zero-order valence-electron chi connectivity index (χ0n) is 15.2. The number of anilines is 1. The highest BCUT2D eigenvalue weighted by molar-refractivity contribution is 7.15. The molecule has 2 saturated heterocycles. The van der Waals surface area contributed by atoms with Crippen molar-refractivity contribution in [3.8, 4) is 0 Å². The van der Waals surface area contributed by atoms with E-state index in [2.05, 4.69) is 48.7 Å². The molecule has 136 valence electrons. The van der Waals surface area contributed by atoms with E-state index in [1.54, 1.807) is 11.3 Å². The van der Waals surface area contributed by atoms with E-state index in [4.69, 9.17) is 0 Å². The van der Waals surface area contributed by atoms with Gasteiger partial charge in [0.05, 0.1) is 6.54 Å². The van der Waals surface area contributed by atoms with Gasteiger partial charge in [-0.05, 0) is 45.2 Å². The lowest BCUT2D eigenvalue weighted by molar-refractivity contribution is 0.317. The first kappa shape index (κ1) is 16.9. The Hall–Kier alpha value is -1.54. The monoisotopic (exact) mass is 361 g/mol. The first-order chi connectivity index (χ1) is 12.2. The first-order valence-electron chi connectivity index (χ1n) is 9.42. The number of hydrogen-bond acceptors (Lipinski definition) is 7. The van der Waals surface area contributed by atoms with Crippen LogP contribution in [-0.4, -0.2) is 56.0 Å². The van der Waals surface area contributed by atoms with Crippen LogP contribution in [0.2, 0.25) is 0 Å². The molecule has 0 saturated carbocycles. The Morgan fingerprint density at radius 3 is 2.44 bits per heavy atom. The van der Waals surface area contributed by atoms with Crippen molar-refractivity contribution in [3.63, 3.8) is 0 Å². The Morgan fingerprint density at radius 1 is 1.00 bits per heavy atom. The number of likely N-dealkylation sites (tertiary alicyclic amines) is 1. The van der Waals surface area contributed by atoms with Crippen LogP contribution in [0.3, 0.4) is 0 Å². The van der Waals surface area contributed by atoms with Gasteiger partial charge in [0.1, 0.15) is 16.7 Å². The van der Waals surface area contributed by atoms with Crippen LogP contribution >= 0.6 is 11.3 Å². The molecule has 2 fully saturated rings. The molecule has 7 nitrogen and oxygen atoms in total. The third kappa shape index (κ3) is 3.55. The summed E-state index contributed by atoms with van der Waals surface area (Å²) in [6.07, 6.45) is 5.81. The molecule has 0 unspecified atom stereocenters. The summed E-state index contributed by atoms with van der Waals surface area (Å²) in [5.41, 5.74) is 0. The molecular formula is C17H27N7S. The van der Waals surface area contributed by atoms with Gasteiger partial charge in [-0.25, -0.2) is 0 Å². The van der Waals surface area contributed by atoms with Gasteiger partial charge >= 0.3 is 0 Å². The van der Waals surface area contributed by atoms with Crippen LogP contribution in [0.1, 0.15) is 55.2 Å². The number of nitrogens with zero attached hydrogens (tertiary/aromatic N) is 7. The van der Waals surface area contributed by atoms with Crippen molar-refractivity contribution < 1.29 is 0 Å². The summed E-state index contributed by atoms with van der Waals surface area (Å²) in [7, 11) is 2.13. The SMILES string of the molecule is CCc1nnc(N2CCC(c3nnc(CN4CCCC4)n3C)CC2)s1. The summed E-state index contributed by atoms with van der Waals surface area (Å²) < 4.78 is 2.23. The van der Waals surface area contributed by atoms with Crippen LogP contribution in [0.4, 0.5) is 5.13 Å². The molecule has 4 rings (SSSR count). The normalized spacial score (nSPS) is 19.8. The summed E-state index contributed by atoms with van der Waals surface area (Å²) in [6.45, 7) is 7.51. The van der Waals surface area contributed by atoms with E-state index in [1.807, 2.05) is 0 Å². The molecule has 2 aliphatic heterocycles. The van der Waals surface area contributed by atoms with E-state index in [0.29, 0.717) is 5.92 Å². The first-order valence-corrected chi connectivity index (χ1v) is 10.2. The number of piperidine rings is 1. The van der Waals surface area contributed by atoms with Crippen molar-refractivity contribution >= 4 is 16.5 Å². The highest BCUT2D eigenvalue weighted by Crippen LogP contribution is 2.31. The maximum absolute atomic E-state index is 4.54. The molecule has 0 aromatic carbocycles. The largest absolute Gasteiger partial charge is 0.347 e. The molecule has 0 atom stereocenters. The molecule has 2 aliphatic rings. The van der Waals surface area contributed by atoms with Crippen molar-refractivity contribution in [2.75, 3.05) is 31.1 Å². The van der Waals surface area contributed by atoms with E-state index in [1.165, 1.54) is 25.9 Å². The fraction of sp³-hybridized carbons (Fsp3) is 0.765. The predicted octanol–water partition coefficient (Wildman–Crippen LogP) is 2.21. The van der Waals surface area contributed by atoms with Crippen LogP contribution in [0.25, 0.3) is 0 Å². The summed E-state index contributed by atoms with van der Waals surface area (Å²) in [5, 5.41) is 19.8. The standard InChI is InChI=1S/C17H27N7S/c1-3-15-19-21-17(25-15)24-10-6-13(7-11-24)16-20-18-14(22(16)2)12-23-8-4-5-9-23/h13H,3-12H2,1-2H3. The lowest BCUT2D eigenvalue weighted by Gasteiger charge is -2.30. The van der Waals surface area contributed by atoms with E-state index < -0.39 is 0 Å². The summed E-state index contributed by atoms with van der Waals surface area (Å²) >= 11 is 1.73. The Morgan fingerprint density at radius 2 is 1.76 bits per heavy atom. The van der Waals surface area contributed by atoms with E-state index in [0.717, 1.165) is 60.7 Å². The predicted molar refractivity (Wildman–Crippen MR) is 99.0 cm³/mol. The van der Waals surface area contributed by atoms with Gasteiger partial charge in [-0.2, -0.15) is 0 Å². The van der Waals surface area contributed by atoms with Gasteiger partial charge in [-0.15, -0.1) is 20.4 Å². The minimum Gasteiger partial charge on any atom is -0.347 e. The molecule has 8 heteroatoms. The van der Waals surface area contributed by atoms with Gasteiger partial charge in [0, 0.05) is 26.1 Å². The summed E-state index contributed by atoms with van der Waals surface area (Å²) in [6, 6.07) is 0. The second-order valence-electron chi connectivity index (χ2n) is 7.11. The minimum atomic E-state index is 0.500. The zero-order valence-corrected chi connectivity index (χ0v) is 16.0. The van der Waals surface area contributed by atoms with Crippen molar-refractivity contribution in [1.82, 2.24) is 29.9 Å². The van der Waals surface area contributed by atoms with Gasteiger partial charge in [0.15, 0.2) is 0 Å². The molecule has 0 amide bonds. The second-order valence-corrected chi connectivity index (χ2v) is 8.15. The van der Waals surface area contributed by atoms with Crippen LogP contribution in [0, 0.1) is 0 Å². The van der Waals surface area contributed by atoms with Crippen LogP contribution in [0.5, 0.6) is 0 Å². The number of rotatable bonds is 5. The second kappa shape index (κ2) is 7.37. The van der Waals surface area contributed by atoms with E-state index in [9.17, 15) is 0 Å². The van der Waals surface area contributed by atoms with Gasteiger partial charge in [0.25, 0.3) is 0 Å². The Bertz CT molecular complexity index is 696. The third-order valence-electron chi connectivity index (χ3n) is 5.45. The average molecular weight is 362 g/mol. The van der Waals surface area contributed by atoms with Gasteiger partial charge in [-0.3, -0.25) is 4.90 Å². The fourth-order valence-electron chi connectivity index (χ4n) is 3.85. The van der Waals surface area contributed by atoms with Crippen LogP contribution in [-0.2, 0) is 20.0 Å². The highest BCUT2D eigenvalue weighted by atomic mass is 32.1. The number of aromatic nitrogens is 5. The molecule has 0 N–H and O–H groups in total. The smallest absolute Gasteiger partial charge is 0.208 e. The topological polar surface area (TPSA) is 63.0 Å². The van der Waals surface area contributed by atoms with Gasteiger partial charge in [0.2, 0.25) is 5.13 Å². The molecule has 2 aromatic rings. The van der Waals surface area contributed by atoms with Crippen LogP contribution < -0.4 is 4.90 Å². The van der Waals surface area contributed by atoms with E-state index >= 15 is 0 Å². The molecule has 25 heavy (non-hydrogen) atoms. The number of hydrogen-bond donors (Lipinski definition) is 0. The Balaban J connectivity index is 1.38. The Labute approximate surface area is 153 Å². The quantitative estimate of drug-likeness (QED) is 0.814. The fourth-order valence-corrected chi connectivity index (χ4v) is 4.68. The Kier molecular flexibility index (Phi) is 4.98. The molecule has 2 aromatic heterocycles. The van der Waals surface area contributed by atoms with Crippen molar-refractivity contribution in [3.05, 3.63) is 16.7 Å². The van der Waals surface area contributed by atoms with Crippen molar-refractivity contribution in [1.29, 1.82) is 0 Å². The van der Waals surface area contributed by atoms with E-state index in [-0.39, 0.29) is 0 Å².